The molecule has 1 aromatic carbocycles. The van der Waals surface area contributed by atoms with Gasteiger partial charge in [0.25, 0.3) is 0 Å². The van der Waals surface area contributed by atoms with E-state index in [4.69, 9.17) is 4.74 Å². The SMILES string of the molecule is C=C/C=C/CC(/C=C\C)COC(=O)c1ccc(C)cc1. The van der Waals surface area contributed by atoms with Crippen molar-refractivity contribution in [1.82, 2.24) is 0 Å². The molecule has 20 heavy (non-hydrogen) atoms. The predicted molar refractivity (Wildman–Crippen MR) is 83.7 cm³/mol. The van der Waals surface area contributed by atoms with Crippen LogP contribution in [0.25, 0.3) is 0 Å². The summed E-state index contributed by atoms with van der Waals surface area (Å²) in [4.78, 5) is 11.9. The number of rotatable bonds is 7. The number of benzene rings is 1. The largest absolute Gasteiger partial charge is 0.461 e. The average molecular weight is 270 g/mol. The molecule has 1 atom stereocenters. The van der Waals surface area contributed by atoms with Crippen molar-refractivity contribution in [3.8, 4) is 0 Å². The summed E-state index contributed by atoms with van der Waals surface area (Å²) in [6, 6.07) is 7.40. The fraction of sp³-hybridized carbons (Fsp3) is 0.278. The van der Waals surface area contributed by atoms with Crippen LogP contribution in [0.15, 0.2) is 61.2 Å². The van der Waals surface area contributed by atoms with Crippen LogP contribution in [0.4, 0.5) is 0 Å². The Hall–Kier alpha value is -2.09. The summed E-state index contributed by atoms with van der Waals surface area (Å²) in [5.41, 5.74) is 1.72. The molecule has 0 aliphatic carbocycles. The lowest BCUT2D eigenvalue weighted by atomic mass is 10.1. The van der Waals surface area contributed by atoms with E-state index in [1.54, 1.807) is 18.2 Å². The standard InChI is InChI=1S/C18H22O2/c1-4-6-7-9-16(8-5-2)14-20-18(19)17-12-10-15(3)11-13-17/h4-8,10-13,16H,1,9,14H2,2-3H3/b7-6+,8-5-. The Morgan fingerprint density at radius 2 is 2.05 bits per heavy atom. The van der Waals surface area contributed by atoms with Crippen molar-refractivity contribution in [3.63, 3.8) is 0 Å². The third-order valence-electron chi connectivity index (χ3n) is 2.89. The van der Waals surface area contributed by atoms with Crippen LogP contribution in [0.1, 0.15) is 29.3 Å². The molecule has 2 nitrogen and oxygen atoms in total. The van der Waals surface area contributed by atoms with Crippen LogP contribution >= 0.6 is 0 Å². The molecule has 0 aliphatic heterocycles. The van der Waals surface area contributed by atoms with E-state index in [1.165, 1.54) is 0 Å². The molecule has 0 aromatic heterocycles. The molecule has 0 N–H and O–H groups in total. The summed E-state index contributed by atoms with van der Waals surface area (Å²) < 4.78 is 5.36. The molecule has 0 amide bonds. The predicted octanol–water partition coefficient (Wildman–Crippen LogP) is 4.48. The molecule has 106 valence electrons. The molecule has 1 unspecified atom stereocenters. The van der Waals surface area contributed by atoms with Crippen molar-refractivity contribution in [1.29, 1.82) is 0 Å². The van der Waals surface area contributed by atoms with Crippen molar-refractivity contribution in [2.24, 2.45) is 5.92 Å². The van der Waals surface area contributed by atoms with E-state index >= 15 is 0 Å². The van der Waals surface area contributed by atoms with Crippen LogP contribution in [-0.4, -0.2) is 12.6 Å². The van der Waals surface area contributed by atoms with E-state index in [0.717, 1.165) is 12.0 Å². The minimum Gasteiger partial charge on any atom is -0.461 e. The van der Waals surface area contributed by atoms with Gasteiger partial charge in [-0.05, 0) is 32.4 Å². The van der Waals surface area contributed by atoms with E-state index < -0.39 is 0 Å². The summed E-state index contributed by atoms with van der Waals surface area (Å²) in [5.74, 6) is -0.0715. The fourth-order valence-corrected chi connectivity index (χ4v) is 1.78. The smallest absolute Gasteiger partial charge is 0.338 e. The number of carbonyl (C=O) groups excluding carboxylic acids is 1. The monoisotopic (exact) mass is 270 g/mol. The van der Waals surface area contributed by atoms with E-state index in [2.05, 4.69) is 12.7 Å². The van der Waals surface area contributed by atoms with Crippen LogP contribution in [0.5, 0.6) is 0 Å². The van der Waals surface area contributed by atoms with E-state index in [-0.39, 0.29) is 11.9 Å². The number of hydrogen-bond donors (Lipinski definition) is 0. The van der Waals surface area contributed by atoms with Gasteiger partial charge in [-0.15, -0.1) is 0 Å². The third-order valence-corrected chi connectivity index (χ3v) is 2.89. The number of ether oxygens (including phenoxy) is 1. The maximum absolute atomic E-state index is 11.9. The molecule has 1 aromatic rings. The first kappa shape index (κ1) is 16.0. The quantitative estimate of drug-likeness (QED) is 0.415. The summed E-state index contributed by atoms with van der Waals surface area (Å²) >= 11 is 0. The maximum atomic E-state index is 11.9. The minimum atomic E-state index is -0.271. The summed E-state index contributed by atoms with van der Waals surface area (Å²) in [6.45, 7) is 7.98. The topological polar surface area (TPSA) is 26.3 Å². The fourth-order valence-electron chi connectivity index (χ4n) is 1.78. The van der Waals surface area contributed by atoms with Gasteiger partial charge in [-0.3, -0.25) is 0 Å². The van der Waals surface area contributed by atoms with Gasteiger partial charge < -0.3 is 4.74 Å². The second-order valence-corrected chi connectivity index (χ2v) is 4.65. The normalized spacial score (nSPS) is 12.7. The van der Waals surface area contributed by atoms with Gasteiger partial charge in [0.2, 0.25) is 0 Å². The van der Waals surface area contributed by atoms with Crippen LogP contribution in [0, 0.1) is 12.8 Å². The van der Waals surface area contributed by atoms with Crippen molar-refractivity contribution < 1.29 is 9.53 Å². The highest BCUT2D eigenvalue weighted by Gasteiger charge is 2.10. The van der Waals surface area contributed by atoms with Gasteiger partial charge in [-0.1, -0.05) is 54.7 Å². The Kier molecular flexibility index (Phi) is 7.12. The van der Waals surface area contributed by atoms with E-state index in [9.17, 15) is 4.79 Å². The maximum Gasteiger partial charge on any atom is 0.338 e. The number of carbonyl (C=O) groups is 1. The molecular weight excluding hydrogens is 248 g/mol. The third kappa shape index (κ3) is 5.70. The van der Waals surface area contributed by atoms with Gasteiger partial charge in [-0.2, -0.15) is 0 Å². The summed E-state index contributed by atoms with van der Waals surface area (Å²) in [6.07, 6.45) is 10.5. The average Bonchev–Trinajstić information content (AvgIpc) is 2.45. The van der Waals surface area contributed by atoms with Crippen molar-refractivity contribution in [2.75, 3.05) is 6.61 Å². The van der Waals surface area contributed by atoms with Gasteiger partial charge in [-0.25, -0.2) is 4.79 Å². The zero-order chi connectivity index (χ0) is 14.8. The van der Waals surface area contributed by atoms with Crippen molar-refractivity contribution in [3.05, 3.63) is 72.4 Å². The molecule has 0 heterocycles. The molecule has 0 spiro atoms. The number of aryl methyl sites for hydroxylation is 1. The number of allylic oxidation sites excluding steroid dienone is 4. The summed E-state index contributed by atoms with van der Waals surface area (Å²) in [5, 5.41) is 0. The zero-order valence-electron chi connectivity index (χ0n) is 12.2. The van der Waals surface area contributed by atoms with Gasteiger partial charge >= 0.3 is 5.97 Å². The van der Waals surface area contributed by atoms with Crippen LogP contribution in [-0.2, 0) is 4.74 Å². The van der Waals surface area contributed by atoms with E-state index in [0.29, 0.717) is 12.2 Å². The lowest BCUT2D eigenvalue weighted by molar-refractivity contribution is 0.0465. The van der Waals surface area contributed by atoms with Crippen LogP contribution < -0.4 is 0 Å². The van der Waals surface area contributed by atoms with Gasteiger partial charge in [0.15, 0.2) is 0 Å². The highest BCUT2D eigenvalue weighted by Crippen LogP contribution is 2.10. The summed E-state index contributed by atoms with van der Waals surface area (Å²) in [7, 11) is 0. The lowest BCUT2D eigenvalue weighted by Gasteiger charge is -2.11. The van der Waals surface area contributed by atoms with Gasteiger partial charge in [0, 0.05) is 5.92 Å². The highest BCUT2D eigenvalue weighted by atomic mass is 16.5. The Bertz CT molecular complexity index is 481. The molecule has 0 fully saturated rings. The Morgan fingerprint density at radius 3 is 2.65 bits per heavy atom. The van der Waals surface area contributed by atoms with Crippen LogP contribution in [0.2, 0.25) is 0 Å². The zero-order valence-corrected chi connectivity index (χ0v) is 12.2. The van der Waals surface area contributed by atoms with Gasteiger partial charge in [0.05, 0.1) is 12.2 Å². The lowest BCUT2D eigenvalue weighted by Crippen LogP contribution is -2.12. The molecule has 1 rings (SSSR count). The Balaban J connectivity index is 2.53. The van der Waals surface area contributed by atoms with Crippen molar-refractivity contribution in [2.45, 2.75) is 20.3 Å². The first-order valence-electron chi connectivity index (χ1n) is 6.81. The van der Waals surface area contributed by atoms with E-state index in [1.807, 2.05) is 44.2 Å². The Labute approximate surface area is 121 Å². The second kappa shape index (κ2) is 8.92. The Morgan fingerprint density at radius 1 is 1.35 bits per heavy atom. The molecule has 0 aliphatic rings. The molecule has 2 heteroatoms. The molecular formula is C18H22O2. The minimum absolute atomic E-state index is 0.200. The molecule has 0 saturated carbocycles. The first-order chi connectivity index (χ1) is 9.67. The number of esters is 1. The molecule has 0 radical (unpaired) electrons. The highest BCUT2D eigenvalue weighted by molar-refractivity contribution is 5.89. The van der Waals surface area contributed by atoms with Crippen molar-refractivity contribution >= 4 is 5.97 Å². The molecule has 0 bridgehead atoms. The second-order valence-electron chi connectivity index (χ2n) is 4.65. The molecule has 0 saturated heterocycles. The number of hydrogen-bond acceptors (Lipinski definition) is 2. The van der Waals surface area contributed by atoms with Crippen LogP contribution in [0.3, 0.4) is 0 Å². The van der Waals surface area contributed by atoms with Gasteiger partial charge in [0.1, 0.15) is 0 Å². The first-order valence-corrected chi connectivity index (χ1v) is 6.81.